The van der Waals surface area contributed by atoms with Gasteiger partial charge < -0.3 is 4.90 Å². The van der Waals surface area contributed by atoms with Crippen molar-refractivity contribution >= 4 is 33.1 Å². The summed E-state index contributed by atoms with van der Waals surface area (Å²) < 4.78 is 1.13. The van der Waals surface area contributed by atoms with Crippen molar-refractivity contribution < 1.29 is 0 Å². The molecular formula is C9H13BrN2S. The van der Waals surface area contributed by atoms with Crippen LogP contribution >= 0.6 is 27.3 Å². The first-order valence-corrected chi connectivity index (χ1v) is 5.82. The molecule has 1 aromatic rings. The van der Waals surface area contributed by atoms with Gasteiger partial charge in [-0.05, 0) is 22.0 Å². The molecule has 1 N–H and O–H groups in total. The van der Waals surface area contributed by atoms with Crippen LogP contribution in [0.1, 0.15) is 18.2 Å². The van der Waals surface area contributed by atoms with Crippen molar-refractivity contribution in [3.63, 3.8) is 0 Å². The van der Waals surface area contributed by atoms with Crippen molar-refractivity contribution in [1.82, 2.24) is 4.90 Å². The molecule has 0 amide bonds. The molecule has 0 unspecified atom stereocenters. The fourth-order valence-electron chi connectivity index (χ4n) is 1.04. The van der Waals surface area contributed by atoms with E-state index in [1.165, 1.54) is 4.88 Å². The highest BCUT2D eigenvalue weighted by Gasteiger charge is 2.04. The maximum absolute atomic E-state index is 7.62. The molecule has 1 heterocycles. The van der Waals surface area contributed by atoms with Crippen LogP contribution in [0.25, 0.3) is 0 Å². The highest BCUT2D eigenvalue weighted by atomic mass is 79.9. The van der Waals surface area contributed by atoms with E-state index < -0.39 is 0 Å². The molecule has 1 aromatic heterocycles. The average molecular weight is 261 g/mol. The molecule has 0 radical (unpaired) electrons. The zero-order chi connectivity index (χ0) is 9.84. The SMILES string of the molecule is CCC(=N)N(C)Cc1cc(Br)cs1. The molecule has 0 bridgehead atoms. The maximum atomic E-state index is 7.62. The smallest absolute Gasteiger partial charge is 0.0955 e. The molecule has 2 nitrogen and oxygen atoms in total. The molecule has 0 aromatic carbocycles. The lowest BCUT2D eigenvalue weighted by atomic mass is 10.3. The lowest BCUT2D eigenvalue weighted by Crippen LogP contribution is -2.23. The van der Waals surface area contributed by atoms with Gasteiger partial charge in [0.25, 0.3) is 0 Å². The number of hydrogen-bond donors (Lipinski definition) is 1. The Kier molecular flexibility index (Phi) is 3.93. The molecule has 1 rings (SSSR count). The fourth-order valence-corrected chi connectivity index (χ4v) is 2.54. The lowest BCUT2D eigenvalue weighted by Gasteiger charge is -2.17. The van der Waals surface area contributed by atoms with Crippen LogP contribution in [-0.2, 0) is 6.54 Å². The number of nitrogens with one attached hydrogen (secondary N) is 1. The van der Waals surface area contributed by atoms with Crippen LogP contribution < -0.4 is 0 Å². The Balaban J connectivity index is 2.54. The molecule has 0 saturated heterocycles. The monoisotopic (exact) mass is 260 g/mol. The van der Waals surface area contributed by atoms with E-state index in [-0.39, 0.29) is 0 Å². The largest absolute Gasteiger partial charge is 0.358 e. The molecule has 72 valence electrons. The first kappa shape index (κ1) is 10.7. The Labute approximate surface area is 91.2 Å². The topological polar surface area (TPSA) is 27.1 Å². The van der Waals surface area contributed by atoms with E-state index in [9.17, 15) is 0 Å². The second kappa shape index (κ2) is 4.77. The summed E-state index contributed by atoms with van der Waals surface area (Å²) in [6, 6.07) is 2.10. The molecule has 4 heteroatoms. The highest BCUT2D eigenvalue weighted by molar-refractivity contribution is 9.10. The zero-order valence-corrected chi connectivity index (χ0v) is 10.2. The molecule has 13 heavy (non-hydrogen) atoms. The van der Waals surface area contributed by atoms with E-state index in [0.717, 1.165) is 17.4 Å². The number of hydrogen-bond acceptors (Lipinski definition) is 2. The Morgan fingerprint density at radius 2 is 2.38 bits per heavy atom. The predicted molar refractivity (Wildman–Crippen MR) is 61.5 cm³/mol. The van der Waals surface area contributed by atoms with E-state index in [2.05, 4.69) is 27.4 Å². The van der Waals surface area contributed by atoms with Crippen LogP contribution in [0, 0.1) is 5.41 Å². The van der Waals surface area contributed by atoms with Crippen LogP contribution in [0.2, 0.25) is 0 Å². The van der Waals surface area contributed by atoms with Gasteiger partial charge in [-0.15, -0.1) is 11.3 Å². The van der Waals surface area contributed by atoms with Crippen LogP contribution in [0.5, 0.6) is 0 Å². The zero-order valence-electron chi connectivity index (χ0n) is 7.80. The summed E-state index contributed by atoms with van der Waals surface area (Å²) in [4.78, 5) is 3.26. The molecule has 0 aliphatic carbocycles. The highest BCUT2D eigenvalue weighted by Crippen LogP contribution is 2.20. The van der Waals surface area contributed by atoms with Gasteiger partial charge in [0.2, 0.25) is 0 Å². The molecule has 0 aliphatic heterocycles. The number of rotatable bonds is 3. The van der Waals surface area contributed by atoms with E-state index in [1.807, 2.05) is 18.9 Å². The molecule has 0 fully saturated rings. The van der Waals surface area contributed by atoms with Gasteiger partial charge in [0, 0.05) is 28.2 Å². The van der Waals surface area contributed by atoms with Gasteiger partial charge in [0.1, 0.15) is 0 Å². The first-order chi connectivity index (χ1) is 6.13. The van der Waals surface area contributed by atoms with Crippen molar-refractivity contribution in [2.24, 2.45) is 0 Å². The third kappa shape index (κ3) is 3.12. The number of thiophene rings is 1. The quantitative estimate of drug-likeness (QED) is 0.655. The van der Waals surface area contributed by atoms with Crippen LogP contribution in [0.3, 0.4) is 0 Å². The Morgan fingerprint density at radius 3 is 2.85 bits per heavy atom. The molecule has 0 saturated carbocycles. The van der Waals surface area contributed by atoms with Gasteiger partial charge in [0.05, 0.1) is 12.4 Å². The average Bonchev–Trinajstić information content (AvgIpc) is 2.49. The van der Waals surface area contributed by atoms with Gasteiger partial charge in [-0.1, -0.05) is 6.92 Å². The van der Waals surface area contributed by atoms with Crippen molar-refractivity contribution in [2.75, 3.05) is 7.05 Å². The van der Waals surface area contributed by atoms with Gasteiger partial charge in [-0.3, -0.25) is 5.41 Å². The Morgan fingerprint density at radius 1 is 1.69 bits per heavy atom. The Hall–Kier alpha value is -0.350. The summed E-state index contributed by atoms with van der Waals surface area (Å²) >= 11 is 5.13. The summed E-state index contributed by atoms with van der Waals surface area (Å²) in [5, 5.41) is 9.69. The fraction of sp³-hybridized carbons (Fsp3) is 0.444. The standard InChI is InChI=1S/C9H13BrN2S/c1-3-9(11)12(2)5-8-4-7(10)6-13-8/h4,6,11H,3,5H2,1-2H3. The van der Waals surface area contributed by atoms with Crippen molar-refractivity contribution in [1.29, 1.82) is 5.41 Å². The van der Waals surface area contributed by atoms with Gasteiger partial charge in [-0.25, -0.2) is 0 Å². The summed E-state index contributed by atoms with van der Waals surface area (Å²) in [7, 11) is 1.96. The minimum Gasteiger partial charge on any atom is -0.358 e. The minimum absolute atomic E-state index is 0.685. The van der Waals surface area contributed by atoms with Crippen LogP contribution in [0.4, 0.5) is 0 Å². The number of halogens is 1. The molecule has 0 spiro atoms. The minimum atomic E-state index is 0.685. The third-order valence-corrected chi connectivity index (χ3v) is 3.49. The van der Waals surface area contributed by atoms with E-state index in [1.54, 1.807) is 11.3 Å². The van der Waals surface area contributed by atoms with E-state index in [0.29, 0.717) is 5.84 Å². The van der Waals surface area contributed by atoms with Crippen LogP contribution in [0.15, 0.2) is 15.9 Å². The third-order valence-electron chi connectivity index (χ3n) is 1.81. The first-order valence-electron chi connectivity index (χ1n) is 4.15. The molecular weight excluding hydrogens is 248 g/mol. The van der Waals surface area contributed by atoms with Gasteiger partial charge >= 0.3 is 0 Å². The van der Waals surface area contributed by atoms with Gasteiger partial charge in [-0.2, -0.15) is 0 Å². The second-order valence-corrected chi connectivity index (χ2v) is 4.80. The predicted octanol–water partition coefficient (Wildman–Crippen LogP) is 3.33. The van der Waals surface area contributed by atoms with E-state index >= 15 is 0 Å². The summed E-state index contributed by atoms with van der Waals surface area (Å²) in [5.41, 5.74) is 0. The molecule has 0 aliphatic rings. The summed E-state index contributed by atoms with van der Waals surface area (Å²) in [5.74, 6) is 0.685. The van der Waals surface area contributed by atoms with Crippen molar-refractivity contribution in [3.05, 3.63) is 20.8 Å². The normalized spacial score (nSPS) is 10.1. The lowest BCUT2D eigenvalue weighted by molar-refractivity contribution is 0.492. The van der Waals surface area contributed by atoms with E-state index in [4.69, 9.17) is 5.41 Å². The van der Waals surface area contributed by atoms with Gasteiger partial charge in [0.15, 0.2) is 0 Å². The maximum Gasteiger partial charge on any atom is 0.0955 e. The molecule has 0 atom stereocenters. The van der Waals surface area contributed by atoms with Crippen molar-refractivity contribution in [2.45, 2.75) is 19.9 Å². The van der Waals surface area contributed by atoms with Crippen LogP contribution in [-0.4, -0.2) is 17.8 Å². The van der Waals surface area contributed by atoms with Crippen molar-refractivity contribution in [3.8, 4) is 0 Å². The number of nitrogens with zero attached hydrogens (tertiary/aromatic N) is 1. The summed E-state index contributed by atoms with van der Waals surface area (Å²) in [6.07, 6.45) is 0.795. The Bertz CT molecular complexity index is 296. The second-order valence-electron chi connectivity index (χ2n) is 2.89. The number of amidine groups is 1. The summed E-state index contributed by atoms with van der Waals surface area (Å²) in [6.45, 7) is 2.84.